The molecular formula is C23H23FN2O2. The van der Waals surface area contributed by atoms with Crippen molar-refractivity contribution in [3.05, 3.63) is 66.7 Å². The van der Waals surface area contributed by atoms with Crippen LogP contribution in [0.5, 0.6) is 5.75 Å². The molecule has 0 unspecified atom stereocenters. The predicted octanol–water partition coefficient (Wildman–Crippen LogP) is 5.34. The van der Waals surface area contributed by atoms with E-state index in [0.29, 0.717) is 18.0 Å². The van der Waals surface area contributed by atoms with Crippen molar-refractivity contribution in [2.24, 2.45) is 5.92 Å². The number of ether oxygens (including phenoxy) is 1. The second-order valence-electron chi connectivity index (χ2n) is 7.38. The van der Waals surface area contributed by atoms with Crippen LogP contribution >= 0.6 is 0 Å². The van der Waals surface area contributed by atoms with Crippen LogP contribution in [0.4, 0.5) is 10.1 Å². The summed E-state index contributed by atoms with van der Waals surface area (Å²) in [4.78, 5) is 16.5. The summed E-state index contributed by atoms with van der Waals surface area (Å²) in [6, 6.07) is 13.9. The first-order valence-electron chi connectivity index (χ1n) is 9.72. The number of aromatic nitrogens is 1. The van der Waals surface area contributed by atoms with Crippen LogP contribution in [0, 0.1) is 11.7 Å². The van der Waals surface area contributed by atoms with E-state index in [4.69, 9.17) is 4.74 Å². The van der Waals surface area contributed by atoms with E-state index in [0.717, 1.165) is 42.2 Å². The van der Waals surface area contributed by atoms with Crippen LogP contribution in [0.25, 0.3) is 10.8 Å². The number of pyridine rings is 1. The lowest BCUT2D eigenvalue weighted by atomic mass is 9.85. The van der Waals surface area contributed by atoms with Crippen molar-refractivity contribution in [1.82, 2.24) is 4.98 Å². The summed E-state index contributed by atoms with van der Waals surface area (Å²) in [7, 11) is 0. The number of halogens is 1. The Hall–Kier alpha value is -2.95. The van der Waals surface area contributed by atoms with Crippen molar-refractivity contribution in [1.29, 1.82) is 0 Å². The molecule has 1 heterocycles. The number of nitrogens with one attached hydrogen (secondary N) is 1. The van der Waals surface area contributed by atoms with Crippen molar-refractivity contribution < 1.29 is 13.9 Å². The van der Waals surface area contributed by atoms with E-state index in [2.05, 4.69) is 16.4 Å². The molecule has 2 aromatic carbocycles. The number of fused-ring (bicyclic) bond motifs is 1. The van der Waals surface area contributed by atoms with Gasteiger partial charge in [-0.05, 0) is 55.9 Å². The number of hydrogen-bond donors (Lipinski definition) is 1. The van der Waals surface area contributed by atoms with Gasteiger partial charge in [0, 0.05) is 29.1 Å². The third-order valence-electron chi connectivity index (χ3n) is 5.32. The lowest BCUT2D eigenvalue weighted by molar-refractivity contribution is -0.117. The zero-order valence-electron chi connectivity index (χ0n) is 15.6. The van der Waals surface area contributed by atoms with Crippen molar-refractivity contribution >= 4 is 22.4 Å². The van der Waals surface area contributed by atoms with Gasteiger partial charge in [0.2, 0.25) is 5.91 Å². The first kappa shape index (κ1) is 18.4. The van der Waals surface area contributed by atoms with E-state index >= 15 is 0 Å². The second kappa shape index (κ2) is 8.38. The van der Waals surface area contributed by atoms with Crippen molar-refractivity contribution in [3.63, 3.8) is 0 Å². The van der Waals surface area contributed by atoms with E-state index in [1.807, 2.05) is 24.4 Å². The smallest absolute Gasteiger partial charge is 0.224 e. The molecule has 1 amide bonds. The zero-order valence-corrected chi connectivity index (χ0v) is 15.6. The number of carbonyl (C=O) groups excluding carboxylic acids is 1. The Kier molecular flexibility index (Phi) is 5.51. The number of carbonyl (C=O) groups is 1. The third kappa shape index (κ3) is 4.47. The van der Waals surface area contributed by atoms with Gasteiger partial charge in [-0.2, -0.15) is 0 Å². The van der Waals surface area contributed by atoms with E-state index in [-0.39, 0.29) is 17.8 Å². The average Bonchev–Trinajstić information content (AvgIpc) is 2.71. The maximum Gasteiger partial charge on any atom is 0.224 e. The number of amides is 1. The maximum absolute atomic E-state index is 12.9. The molecule has 1 fully saturated rings. The van der Waals surface area contributed by atoms with Gasteiger partial charge >= 0.3 is 0 Å². The Morgan fingerprint density at radius 3 is 2.57 bits per heavy atom. The summed E-state index contributed by atoms with van der Waals surface area (Å²) < 4.78 is 19.2. The summed E-state index contributed by atoms with van der Waals surface area (Å²) >= 11 is 0. The molecule has 1 aromatic heterocycles. The minimum absolute atomic E-state index is 0.0192. The lowest BCUT2D eigenvalue weighted by Crippen LogP contribution is -2.26. The minimum Gasteiger partial charge on any atom is -0.488 e. The fraction of sp³-hybridized carbons (Fsp3) is 0.304. The molecule has 0 spiro atoms. The lowest BCUT2D eigenvalue weighted by Gasteiger charge is -2.29. The van der Waals surface area contributed by atoms with Crippen LogP contribution in [0.2, 0.25) is 0 Å². The molecule has 144 valence electrons. The summed E-state index contributed by atoms with van der Waals surface area (Å²) in [5, 5.41) is 5.00. The zero-order chi connectivity index (χ0) is 19.3. The van der Waals surface area contributed by atoms with Crippen LogP contribution in [-0.4, -0.2) is 17.0 Å². The molecule has 4 nitrogen and oxygen atoms in total. The van der Waals surface area contributed by atoms with Crippen molar-refractivity contribution in [2.45, 2.75) is 38.2 Å². The van der Waals surface area contributed by atoms with Gasteiger partial charge in [-0.15, -0.1) is 0 Å². The van der Waals surface area contributed by atoms with Crippen LogP contribution < -0.4 is 10.1 Å². The van der Waals surface area contributed by atoms with Crippen LogP contribution in [0.3, 0.4) is 0 Å². The Balaban J connectivity index is 1.28. The maximum atomic E-state index is 12.9. The van der Waals surface area contributed by atoms with Crippen LogP contribution in [-0.2, 0) is 4.79 Å². The van der Waals surface area contributed by atoms with Gasteiger partial charge in [0.25, 0.3) is 0 Å². The van der Waals surface area contributed by atoms with Gasteiger partial charge in [0.1, 0.15) is 11.6 Å². The molecule has 0 aliphatic heterocycles. The number of nitrogens with zero attached hydrogens (tertiary/aromatic N) is 1. The predicted molar refractivity (Wildman–Crippen MR) is 108 cm³/mol. The highest BCUT2D eigenvalue weighted by Gasteiger charge is 2.24. The fourth-order valence-electron chi connectivity index (χ4n) is 3.82. The van der Waals surface area contributed by atoms with E-state index < -0.39 is 0 Å². The number of rotatable bonds is 5. The number of anilines is 1. The Morgan fingerprint density at radius 1 is 1.04 bits per heavy atom. The van der Waals surface area contributed by atoms with Crippen LogP contribution in [0.15, 0.2) is 60.9 Å². The standard InChI is InChI=1S/C23H23FN2O2/c24-18-7-9-19(10-8-18)26-23(27)13-16-5-11-20(12-6-16)28-22-15-25-14-17-3-1-2-4-21(17)22/h1-4,7-10,14-16,20H,5-6,11-13H2,(H,26,27)/t16-,20-. The molecule has 1 aliphatic rings. The molecular weight excluding hydrogens is 355 g/mol. The molecule has 28 heavy (non-hydrogen) atoms. The van der Waals surface area contributed by atoms with E-state index in [1.54, 1.807) is 18.3 Å². The van der Waals surface area contributed by atoms with E-state index in [1.165, 1.54) is 12.1 Å². The SMILES string of the molecule is O=C(C[C@H]1CC[C@H](Oc2cncc3ccccc23)CC1)Nc1ccc(F)cc1. The van der Waals surface area contributed by atoms with E-state index in [9.17, 15) is 9.18 Å². The Morgan fingerprint density at radius 2 is 1.79 bits per heavy atom. The summed E-state index contributed by atoms with van der Waals surface area (Å²) in [5.41, 5.74) is 0.631. The highest BCUT2D eigenvalue weighted by Crippen LogP contribution is 2.32. The van der Waals surface area contributed by atoms with Crippen molar-refractivity contribution in [2.75, 3.05) is 5.32 Å². The summed E-state index contributed by atoms with van der Waals surface area (Å²) in [6.45, 7) is 0. The van der Waals surface area contributed by atoms with Gasteiger partial charge in [-0.3, -0.25) is 9.78 Å². The molecule has 1 aliphatic carbocycles. The van der Waals surface area contributed by atoms with Gasteiger partial charge in [-0.25, -0.2) is 4.39 Å². The molecule has 5 heteroatoms. The first-order valence-corrected chi connectivity index (χ1v) is 9.72. The molecule has 1 N–H and O–H groups in total. The quantitative estimate of drug-likeness (QED) is 0.652. The molecule has 0 radical (unpaired) electrons. The van der Waals surface area contributed by atoms with Gasteiger partial charge in [-0.1, -0.05) is 24.3 Å². The summed E-state index contributed by atoms with van der Waals surface area (Å²) in [6.07, 6.45) is 8.04. The second-order valence-corrected chi connectivity index (χ2v) is 7.38. The highest BCUT2D eigenvalue weighted by molar-refractivity contribution is 5.90. The monoisotopic (exact) mass is 378 g/mol. The number of benzene rings is 2. The summed E-state index contributed by atoms with van der Waals surface area (Å²) in [5.74, 6) is 0.855. The minimum atomic E-state index is -0.308. The number of hydrogen-bond acceptors (Lipinski definition) is 3. The molecule has 3 aromatic rings. The normalized spacial score (nSPS) is 19.3. The molecule has 1 saturated carbocycles. The molecule has 4 rings (SSSR count). The molecule has 0 atom stereocenters. The van der Waals surface area contributed by atoms with Crippen LogP contribution in [0.1, 0.15) is 32.1 Å². The third-order valence-corrected chi connectivity index (χ3v) is 5.32. The molecule has 0 bridgehead atoms. The van der Waals surface area contributed by atoms with Gasteiger partial charge in [0.05, 0.1) is 12.3 Å². The fourth-order valence-corrected chi connectivity index (χ4v) is 3.82. The molecule has 0 saturated heterocycles. The largest absolute Gasteiger partial charge is 0.488 e. The Labute approximate surface area is 163 Å². The highest BCUT2D eigenvalue weighted by atomic mass is 19.1. The van der Waals surface area contributed by atoms with Crippen molar-refractivity contribution in [3.8, 4) is 5.75 Å². The Bertz CT molecular complexity index is 945. The van der Waals surface area contributed by atoms with Gasteiger partial charge < -0.3 is 10.1 Å². The van der Waals surface area contributed by atoms with Gasteiger partial charge in [0.15, 0.2) is 0 Å². The average molecular weight is 378 g/mol. The topological polar surface area (TPSA) is 51.2 Å². The first-order chi connectivity index (χ1) is 13.7.